The topological polar surface area (TPSA) is 46.0 Å². The highest BCUT2D eigenvalue weighted by molar-refractivity contribution is 6.05. The van der Waals surface area contributed by atoms with E-state index in [9.17, 15) is 5.11 Å². The average Bonchev–Trinajstić information content (AvgIpc) is 2.38. The smallest absolute Gasteiger partial charge is 0.0920 e. The number of aliphatic hydroxyl groups is 1. The molecule has 3 aromatic rings. The Kier molecular flexibility index (Phi) is 2.49. The second-order valence-electron chi connectivity index (χ2n) is 4.55. The molecule has 0 saturated heterocycles. The van der Waals surface area contributed by atoms with Gasteiger partial charge in [-0.1, -0.05) is 18.2 Å². The predicted molar refractivity (Wildman–Crippen MR) is 72.4 cm³/mol. The fraction of sp³-hybridized carbons (Fsp3) is 0.200. The summed E-state index contributed by atoms with van der Waals surface area (Å²) in [7, 11) is 0. The number of aromatic nitrogens is 2. The standard InChI is InChI=1S/C15H14N2O/c1-9-15-13(4-3-7-16-15)12-6-5-11(10(2)18)8-14(12)17-9/h3-8,10,18H,1-2H3. The molecule has 2 heterocycles. The summed E-state index contributed by atoms with van der Waals surface area (Å²) in [5.41, 5.74) is 3.65. The number of pyridine rings is 2. The van der Waals surface area contributed by atoms with Gasteiger partial charge in [0.15, 0.2) is 0 Å². The fourth-order valence-electron chi connectivity index (χ4n) is 2.27. The Bertz CT molecular complexity index is 735. The van der Waals surface area contributed by atoms with Crippen LogP contribution in [0.25, 0.3) is 21.8 Å². The van der Waals surface area contributed by atoms with Crippen LogP contribution in [0.1, 0.15) is 24.3 Å². The van der Waals surface area contributed by atoms with Crippen LogP contribution in [0.4, 0.5) is 0 Å². The van der Waals surface area contributed by atoms with Crippen molar-refractivity contribution in [3.05, 3.63) is 47.8 Å². The molecule has 3 nitrogen and oxygen atoms in total. The molecule has 0 fully saturated rings. The zero-order chi connectivity index (χ0) is 12.7. The molecule has 18 heavy (non-hydrogen) atoms. The maximum Gasteiger partial charge on any atom is 0.0920 e. The molecular weight excluding hydrogens is 224 g/mol. The normalized spacial score (nSPS) is 13.1. The number of hydrogen-bond acceptors (Lipinski definition) is 3. The number of benzene rings is 1. The van der Waals surface area contributed by atoms with Gasteiger partial charge in [-0.3, -0.25) is 9.97 Å². The quantitative estimate of drug-likeness (QED) is 0.662. The van der Waals surface area contributed by atoms with Crippen molar-refractivity contribution in [2.45, 2.75) is 20.0 Å². The van der Waals surface area contributed by atoms with Gasteiger partial charge in [-0.2, -0.15) is 0 Å². The van der Waals surface area contributed by atoms with Crippen LogP contribution < -0.4 is 0 Å². The SMILES string of the molecule is Cc1nc2cc(C(C)O)ccc2c2cccnc12. The van der Waals surface area contributed by atoms with Crippen molar-refractivity contribution in [2.24, 2.45) is 0 Å². The Hall–Kier alpha value is -2.00. The Morgan fingerprint density at radius 1 is 1.17 bits per heavy atom. The first-order valence-electron chi connectivity index (χ1n) is 6.00. The number of rotatable bonds is 1. The molecule has 0 aliphatic rings. The molecule has 0 radical (unpaired) electrons. The first-order valence-corrected chi connectivity index (χ1v) is 6.00. The summed E-state index contributed by atoms with van der Waals surface area (Å²) in [5, 5.41) is 11.8. The highest BCUT2D eigenvalue weighted by Crippen LogP contribution is 2.26. The lowest BCUT2D eigenvalue weighted by Crippen LogP contribution is -1.94. The molecule has 0 saturated carbocycles. The molecule has 90 valence electrons. The van der Waals surface area contributed by atoms with Crippen LogP contribution >= 0.6 is 0 Å². The van der Waals surface area contributed by atoms with Crippen LogP contribution in [0.5, 0.6) is 0 Å². The fourth-order valence-corrected chi connectivity index (χ4v) is 2.27. The Balaban J connectivity index is 2.42. The van der Waals surface area contributed by atoms with E-state index in [2.05, 4.69) is 16.0 Å². The van der Waals surface area contributed by atoms with Crippen molar-refractivity contribution < 1.29 is 5.11 Å². The van der Waals surface area contributed by atoms with Crippen molar-refractivity contribution in [3.63, 3.8) is 0 Å². The first-order chi connectivity index (χ1) is 8.66. The molecule has 0 aliphatic carbocycles. The van der Waals surface area contributed by atoms with E-state index in [4.69, 9.17) is 0 Å². The van der Waals surface area contributed by atoms with Crippen molar-refractivity contribution in [1.82, 2.24) is 9.97 Å². The van der Waals surface area contributed by atoms with Gasteiger partial charge in [-0.25, -0.2) is 0 Å². The molecule has 3 heteroatoms. The zero-order valence-corrected chi connectivity index (χ0v) is 10.4. The van der Waals surface area contributed by atoms with Crippen LogP contribution in [0.2, 0.25) is 0 Å². The lowest BCUT2D eigenvalue weighted by molar-refractivity contribution is 0.199. The van der Waals surface area contributed by atoms with Gasteiger partial charge in [0.25, 0.3) is 0 Å². The number of fused-ring (bicyclic) bond motifs is 3. The van der Waals surface area contributed by atoms with Gasteiger partial charge in [0.05, 0.1) is 22.8 Å². The molecular formula is C15H14N2O. The van der Waals surface area contributed by atoms with Crippen molar-refractivity contribution in [3.8, 4) is 0 Å². The van der Waals surface area contributed by atoms with Crippen molar-refractivity contribution in [2.75, 3.05) is 0 Å². The van der Waals surface area contributed by atoms with E-state index in [1.165, 1.54) is 0 Å². The first kappa shape index (κ1) is 11.1. The largest absolute Gasteiger partial charge is 0.389 e. The maximum atomic E-state index is 9.63. The monoisotopic (exact) mass is 238 g/mol. The van der Waals surface area contributed by atoms with Gasteiger partial charge in [-0.15, -0.1) is 0 Å². The van der Waals surface area contributed by atoms with Gasteiger partial charge in [0, 0.05) is 17.0 Å². The van der Waals surface area contributed by atoms with E-state index in [0.717, 1.165) is 33.1 Å². The molecule has 2 aromatic heterocycles. The Morgan fingerprint density at radius 2 is 2.00 bits per heavy atom. The summed E-state index contributed by atoms with van der Waals surface area (Å²) in [5.74, 6) is 0. The molecule has 0 bridgehead atoms. The van der Waals surface area contributed by atoms with Gasteiger partial charge in [0.2, 0.25) is 0 Å². The third-order valence-electron chi connectivity index (χ3n) is 3.23. The summed E-state index contributed by atoms with van der Waals surface area (Å²) in [6.07, 6.45) is 1.31. The highest BCUT2D eigenvalue weighted by atomic mass is 16.3. The number of nitrogens with zero attached hydrogens (tertiary/aromatic N) is 2. The molecule has 1 unspecified atom stereocenters. The number of aryl methyl sites for hydroxylation is 1. The lowest BCUT2D eigenvalue weighted by Gasteiger charge is -2.09. The second-order valence-corrected chi connectivity index (χ2v) is 4.55. The molecule has 0 spiro atoms. The van der Waals surface area contributed by atoms with E-state index in [1.807, 2.05) is 31.2 Å². The van der Waals surface area contributed by atoms with Gasteiger partial charge in [-0.05, 0) is 31.5 Å². The molecule has 1 aromatic carbocycles. The van der Waals surface area contributed by atoms with Gasteiger partial charge >= 0.3 is 0 Å². The summed E-state index contributed by atoms with van der Waals surface area (Å²) in [6.45, 7) is 3.72. The summed E-state index contributed by atoms with van der Waals surface area (Å²) in [6, 6.07) is 9.88. The summed E-state index contributed by atoms with van der Waals surface area (Å²) < 4.78 is 0. The Morgan fingerprint density at radius 3 is 2.78 bits per heavy atom. The second kappa shape index (κ2) is 4.03. The van der Waals surface area contributed by atoms with Crippen LogP contribution in [0.3, 0.4) is 0 Å². The van der Waals surface area contributed by atoms with E-state index < -0.39 is 6.10 Å². The summed E-state index contributed by atoms with van der Waals surface area (Å²) in [4.78, 5) is 8.95. The van der Waals surface area contributed by atoms with E-state index in [-0.39, 0.29) is 0 Å². The van der Waals surface area contributed by atoms with E-state index >= 15 is 0 Å². The minimum Gasteiger partial charge on any atom is -0.389 e. The van der Waals surface area contributed by atoms with E-state index in [1.54, 1.807) is 13.1 Å². The number of aliphatic hydroxyl groups excluding tert-OH is 1. The molecule has 0 amide bonds. The Labute approximate surface area is 105 Å². The molecule has 3 rings (SSSR count). The zero-order valence-electron chi connectivity index (χ0n) is 10.4. The van der Waals surface area contributed by atoms with Crippen LogP contribution in [-0.2, 0) is 0 Å². The lowest BCUT2D eigenvalue weighted by atomic mass is 10.0. The minimum atomic E-state index is -0.471. The van der Waals surface area contributed by atoms with E-state index in [0.29, 0.717) is 0 Å². The van der Waals surface area contributed by atoms with Crippen molar-refractivity contribution >= 4 is 21.8 Å². The molecule has 1 atom stereocenters. The van der Waals surface area contributed by atoms with Gasteiger partial charge in [0.1, 0.15) is 0 Å². The third-order valence-corrected chi connectivity index (χ3v) is 3.23. The average molecular weight is 238 g/mol. The highest BCUT2D eigenvalue weighted by Gasteiger charge is 2.08. The molecule has 0 aliphatic heterocycles. The van der Waals surface area contributed by atoms with Crippen LogP contribution in [0, 0.1) is 6.92 Å². The molecule has 1 N–H and O–H groups in total. The predicted octanol–water partition coefficient (Wildman–Crippen LogP) is 3.14. The number of hydrogen-bond donors (Lipinski definition) is 1. The van der Waals surface area contributed by atoms with Gasteiger partial charge < -0.3 is 5.11 Å². The van der Waals surface area contributed by atoms with Crippen LogP contribution in [-0.4, -0.2) is 15.1 Å². The van der Waals surface area contributed by atoms with Crippen molar-refractivity contribution in [1.29, 1.82) is 0 Å². The summed E-state index contributed by atoms with van der Waals surface area (Å²) >= 11 is 0. The third kappa shape index (κ3) is 1.64. The minimum absolute atomic E-state index is 0.471. The van der Waals surface area contributed by atoms with Crippen LogP contribution in [0.15, 0.2) is 36.5 Å². The maximum absolute atomic E-state index is 9.63.